The predicted molar refractivity (Wildman–Crippen MR) is 162 cm³/mol. The van der Waals surface area contributed by atoms with Gasteiger partial charge >= 0.3 is 0 Å². The summed E-state index contributed by atoms with van der Waals surface area (Å²) in [4.78, 5) is 0. The van der Waals surface area contributed by atoms with E-state index in [0.29, 0.717) is 0 Å². The molecule has 0 unspecified atom stereocenters. The molecule has 0 aliphatic heterocycles. The van der Waals surface area contributed by atoms with Crippen LogP contribution in [-0.4, -0.2) is 0 Å². The molecular weight excluding hydrogens is 408 g/mol. The van der Waals surface area contributed by atoms with Gasteiger partial charge in [0.25, 0.3) is 0 Å². The Morgan fingerprint density at radius 3 is 1.12 bits per heavy atom. The molecule has 0 heterocycles. The van der Waals surface area contributed by atoms with Crippen LogP contribution in [0.15, 0.2) is 30.3 Å². The molecule has 1 aromatic carbocycles. The molecule has 3 saturated carbocycles. The Morgan fingerprint density at radius 1 is 0.559 bits per heavy atom. The standard InChI is InChI=1S/C8H16.C8H10.C7H14.C6H12.C3H8.2CH4/c2*1-2-8-6-4-3-5-7-8;1-7-5-3-2-4-6-7;1-6-4-2-3-5-6;1-3-2;;/h8H,2-7H2,1H3;3-7H,2H2,1H3;7H,2-6H2,1H3;6H,2-5H2,1H3;3H2,1-2H3;2*1H4. The molecule has 0 aromatic heterocycles. The first-order chi connectivity index (χ1) is 15.6. The second kappa shape index (κ2) is 28.5. The van der Waals surface area contributed by atoms with Gasteiger partial charge < -0.3 is 0 Å². The van der Waals surface area contributed by atoms with E-state index in [9.17, 15) is 0 Å². The van der Waals surface area contributed by atoms with E-state index in [0.717, 1.165) is 24.2 Å². The van der Waals surface area contributed by atoms with E-state index < -0.39 is 0 Å². The van der Waals surface area contributed by atoms with Crippen LogP contribution in [0.4, 0.5) is 0 Å². The van der Waals surface area contributed by atoms with Gasteiger partial charge in [-0.25, -0.2) is 0 Å². The molecule has 0 amide bonds. The fourth-order valence-corrected chi connectivity index (χ4v) is 4.75. The Labute approximate surface area is 219 Å². The second-order valence-electron chi connectivity index (χ2n) is 10.6. The van der Waals surface area contributed by atoms with Gasteiger partial charge in [-0.15, -0.1) is 0 Å². The fraction of sp³-hybridized carbons (Fsp3) is 0.824. The van der Waals surface area contributed by atoms with Gasteiger partial charge in [-0.2, -0.15) is 0 Å². The third-order valence-corrected chi connectivity index (χ3v) is 7.09. The summed E-state index contributed by atoms with van der Waals surface area (Å²) in [6.07, 6.45) is 24.7. The average molecular weight is 477 g/mol. The number of hydrogen-bond donors (Lipinski definition) is 0. The first kappa shape index (κ1) is 37.8. The van der Waals surface area contributed by atoms with E-state index in [1.807, 2.05) is 6.07 Å². The topological polar surface area (TPSA) is 0 Å². The summed E-state index contributed by atoms with van der Waals surface area (Å²) in [6, 6.07) is 10.5. The lowest BCUT2D eigenvalue weighted by Gasteiger charge is -2.18. The molecule has 3 fully saturated rings. The lowest BCUT2D eigenvalue weighted by atomic mass is 9.88. The zero-order valence-corrected chi connectivity index (χ0v) is 23.1. The molecule has 0 saturated heterocycles. The molecule has 3 aliphatic rings. The van der Waals surface area contributed by atoms with Crippen molar-refractivity contribution >= 4 is 0 Å². The third-order valence-electron chi connectivity index (χ3n) is 7.09. The van der Waals surface area contributed by atoms with Crippen molar-refractivity contribution in [3.63, 3.8) is 0 Å². The van der Waals surface area contributed by atoms with Gasteiger partial charge in [0.15, 0.2) is 0 Å². The van der Waals surface area contributed by atoms with Crippen molar-refractivity contribution in [3.8, 4) is 0 Å². The Hall–Kier alpha value is -0.780. The van der Waals surface area contributed by atoms with E-state index in [-0.39, 0.29) is 14.9 Å². The summed E-state index contributed by atoms with van der Waals surface area (Å²) in [5, 5.41) is 0. The van der Waals surface area contributed by atoms with Crippen molar-refractivity contribution in [2.24, 2.45) is 17.8 Å². The van der Waals surface area contributed by atoms with E-state index in [1.54, 1.807) is 0 Å². The minimum atomic E-state index is 0. The molecule has 0 nitrogen and oxygen atoms in total. The third kappa shape index (κ3) is 24.3. The summed E-state index contributed by atoms with van der Waals surface area (Å²) in [5.74, 6) is 3.17. The Kier molecular flexibility index (Phi) is 31.6. The first-order valence-electron chi connectivity index (χ1n) is 14.6. The van der Waals surface area contributed by atoms with Gasteiger partial charge in [0.05, 0.1) is 0 Å². The Morgan fingerprint density at radius 2 is 0.912 bits per heavy atom. The monoisotopic (exact) mass is 477 g/mol. The van der Waals surface area contributed by atoms with Crippen LogP contribution in [0, 0.1) is 17.8 Å². The van der Waals surface area contributed by atoms with Crippen molar-refractivity contribution in [3.05, 3.63) is 35.9 Å². The van der Waals surface area contributed by atoms with Crippen LogP contribution in [0.2, 0.25) is 0 Å². The minimum absolute atomic E-state index is 0. The molecule has 0 N–H and O–H groups in total. The van der Waals surface area contributed by atoms with E-state index in [4.69, 9.17) is 0 Å². The molecule has 204 valence electrons. The van der Waals surface area contributed by atoms with Crippen LogP contribution in [0.5, 0.6) is 0 Å². The SMILES string of the molecule is C.C.CC1CCCC1.CC1CCCCC1.CCC.CCC1CCCCC1.CCc1ccccc1. The highest BCUT2D eigenvalue weighted by Gasteiger charge is 2.09. The highest BCUT2D eigenvalue weighted by Crippen LogP contribution is 2.25. The summed E-state index contributed by atoms with van der Waals surface area (Å²) in [7, 11) is 0. The van der Waals surface area contributed by atoms with Gasteiger partial charge in [0, 0.05) is 0 Å². The molecule has 0 radical (unpaired) electrons. The Balaban J connectivity index is -0.000000358. The molecule has 0 heteroatoms. The van der Waals surface area contributed by atoms with Crippen LogP contribution >= 0.6 is 0 Å². The zero-order chi connectivity index (χ0) is 23.9. The average Bonchev–Trinajstić information content (AvgIpc) is 3.33. The molecule has 34 heavy (non-hydrogen) atoms. The molecular formula is C34H68. The molecule has 0 bridgehead atoms. The maximum absolute atomic E-state index is 2.36. The van der Waals surface area contributed by atoms with Gasteiger partial charge in [-0.05, 0) is 29.7 Å². The number of aryl methyl sites for hydroxylation is 1. The largest absolute Gasteiger partial charge is 0.0776 e. The van der Waals surface area contributed by atoms with Crippen molar-refractivity contribution in [2.75, 3.05) is 0 Å². The van der Waals surface area contributed by atoms with Crippen LogP contribution in [0.1, 0.15) is 165 Å². The first-order valence-corrected chi connectivity index (χ1v) is 14.6. The maximum atomic E-state index is 2.36. The van der Waals surface area contributed by atoms with Crippen LogP contribution in [0.3, 0.4) is 0 Å². The van der Waals surface area contributed by atoms with Gasteiger partial charge in [-0.1, -0.05) is 189 Å². The molecule has 0 atom stereocenters. The molecule has 4 rings (SSSR count). The predicted octanol–water partition coefficient (Wildman–Crippen LogP) is 12.7. The van der Waals surface area contributed by atoms with E-state index >= 15 is 0 Å². The van der Waals surface area contributed by atoms with Crippen molar-refractivity contribution in [1.82, 2.24) is 0 Å². The summed E-state index contributed by atoms with van der Waals surface area (Å²) in [6.45, 7) is 13.4. The van der Waals surface area contributed by atoms with E-state index in [1.165, 1.54) is 108 Å². The van der Waals surface area contributed by atoms with Gasteiger partial charge in [0.2, 0.25) is 0 Å². The molecule has 3 aliphatic carbocycles. The lowest BCUT2D eigenvalue weighted by molar-refractivity contribution is 0.349. The van der Waals surface area contributed by atoms with Crippen molar-refractivity contribution < 1.29 is 0 Å². The highest BCUT2D eigenvalue weighted by atomic mass is 14.2. The zero-order valence-electron chi connectivity index (χ0n) is 23.1. The normalized spacial score (nSPS) is 17.9. The highest BCUT2D eigenvalue weighted by molar-refractivity contribution is 5.13. The number of hydrogen-bond acceptors (Lipinski definition) is 0. The van der Waals surface area contributed by atoms with Crippen molar-refractivity contribution in [2.45, 2.75) is 166 Å². The van der Waals surface area contributed by atoms with Crippen LogP contribution in [-0.2, 0) is 6.42 Å². The summed E-state index contributed by atoms with van der Waals surface area (Å²) >= 11 is 0. The fourth-order valence-electron chi connectivity index (χ4n) is 4.75. The molecule has 1 aromatic rings. The van der Waals surface area contributed by atoms with E-state index in [2.05, 4.69) is 65.8 Å². The smallest absolute Gasteiger partial charge is 0.0307 e. The second-order valence-corrected chi connectivity index (χ2v) is 10.6. The van der Waals surface area contributed by atoms with Crippen molar-refractivity contribution in [1.29, 1.82) is 0 Å². The summed E-state index contributed by atoms with van der Waals surface area (Å²) in [5.41, 5.74) is 1.41. The molecule has 0 spiro atoms. The quantitative estimate of drug-likeness (QED) is 0.398. The number of benzene rings is 1. The van der Waals surface area contributed by atoms with Gasteiger partial charge in [0.1, 0.15) is 0 Å². The maximum Gasteiger partial charge on any atom is -0.0307 e. The van der Waals surface area contributed by atoms with Crippen LogP contribution in [0.25, 0.3) is 0 Å². The lowest BCUT2D eigenvalue weighted by Crippen LogP contribution is -2.03. The van der Waals surface area contributed by atoms with Crippen LogP contribution < -0.4 is 0 Å². The summed E-state index contributed by atoms with van der Waals surface area (Å²) < 4.78 is 0. The number of rotatable bonds is 2. The Bertz CT molecular complexity index is 444. The van der Waals surface area contributed by atoms with Gasteiger partial charge in [-0.3, -0.25) is 0 Å². The minimum Gasteiger partial charge on any atom is -0.0776 e.